The number of hydrogen-bond donors (Lipinski definition) is 0. The maximum Gasteiger partial charge on any atom is 0.147 e. The standard InChI is InChI=1S/C15H19ClFN/c1-15(2,3)14-10-7-18(8-11(10)14)13-5-4-9(16)6-12(13)17/h4-6,10-11,14H,7-8H2,1-3H3. The minimum absolute atomic E-state index is 0.198. The predicted octanol–water partition coefficient (Wildman–Crippen LogP) is 4.21. The van der Waals surface area contributed by atoms with E-state index in [1.807, 2.05) is 0 Å². The van der Waals surface area contributed by atoms with Gasteiger partial charge in [0.05, 0.1) is 5.69 Å². The lowest BCUT2D eigenvalue weighted by atomic mass is 9.87. The van der Waals surface area contributed by atoms with Crippen molar-refractivity contribution in [3.8, 4) is 0 Å². The fraction of sp³-hybridized carbons (Fsp3) is 0.600. The van der Waals surface area contributed by atoms with Gasteiger partial charge < -0.3 is 4.90 Å². The van der Waals surface area contributed by atoms with Crippen LogP contribution in [0.1, 0.15) is 20.8 Å². The monoisotopic (exact) mass is 267 g/mol. The van der Waals surface area contributed by atoms with E-state index in [9.17, 15) is 4.39 Å². The molecule has 0 radical (unpaired) electrons. The van der Waals surface area contributed by atoms with Gasteiger partial charge in [-0.25, -0.2) is 4.39 Å². The average Bonchev–Trinajstić information content (AvgIpc) is 2.77. The van der Waals surface area contributed by atoms with E-state index >= 15 is 0 Å². The number of benzene rings is 1. The second kappa shape index (κ2) is 3.86. The minimum atomic E-state index is -0.198. The molecule has 0 N–H and O–H groups in total. The third-order valence-electron chi connectivity index (χ3n) is 4.44. The van der Waals surface area contributed by atoms with E-state index in [0.29, 0.717) is 16.1 Å². The highest BCUT2D eigenvalue weighted by molar-refractivity contribution is 6.30. The molecule has 1 nitrogen and oxygen atoms in total. The molecule has 0 bridgehead atoms. The van der Waals surface area contributed by atoms with Crippen LogP contribution in [0.2, 0.25) is 5.02 Å². The summed E-state index contributed by atoms with van der Waals surface area (Å²) in [6, 6.07) is 4.97. The van der Waals surface area contributed by atoms with E-state index in [1.165, 1.54) is 6.07 Å². The van der Waals surface area contributed by atoms with Crippen LogP contribution in [0.15, 0.2) is 18.2 Å². The van der Waals surface area contributed by atoms with Crippen molar-refractivity contribution < 1.29 is 4.39 Å². The Balaban J connectivity index is 1.73. The van der Waals surface area contributed by atoms with Crippen molar-refractivity contribution in [2.75, 3.05) is 18.0 Å². The zero-order valence-electron chi connectivity index (χ0n) is 11.1. The molecule has 1 aromatic carbocycles. The fourth-order valence-electron chi connectivity index (χ4n) is 3.75. The van der Waals surface area contributed by atoms with E-state index in [-0.39, 0.29) is 5.82 Å². The third kappa shape index (κ3) is 1.91. The molecular formula is C15H19ClFN. The molecule has 0 amide bonds. The Hall–Kier alpha value is -0.760. The second-order valence-corrected chi connectivity index (χ2v) is 7.16. The third-order valence-corrected chi connectivity index (χ3v) is 4.68. The average molecular weight is 268 g/mol. The molecule has 3 rings (SSSR count). The number of rotatable bonds is 1. The van der Waals surface area contributed by atoms with E-state index < -0.39 is 0 Å². The first-order valence-electron chi connectivity index (χ1n) is 6.58. The van der Waals surface area contributed by atoms with E-state index in [1.54, 1.807) is 12.1 Å². The van der Waals surface area contributed by atoms with Gasteiger partial charge in [0.25, 0.3) is 0 Å². The molecule has 3 heteroatoms. The maximum atomic E-state index is 13.8. The Morgan fingerprint density at radius 1 is 1.22 bits per heavy atom. The zero-order chi connectivity index (χ0) is 13.1. The molecule has 2 aliphatic rings. The van der Waals surface area contributed by atoms with Crippen LogP contribution in [-0.2, 0) is 0 Å². The summed E-state index contributed by atoms with van der Waals surface area (Å²) in [5.74, 6) is 2.11. The first kappa shape index (κ1) is 12.3. The van der Waals surface area contributed by atoms with Crippen LogP contribution >= 0.6 is 11.6 Å². The van der Waals surface area contributed by atoms with Crippen molar-refractivity contribution in [2.24, 2.45) is 23.2 Å². The first-order chi connectivity index (χ1) is 8.38. The number of anilines is 1. The lowest BCUT2D eigenvalue weighted by molar-refractivity contribution is 0.309. The van der Waals surface area contributed by atoms with Gasteiger partial charge in [-0.3, -0.25) is 0 Å². The molecule has 1 aliphatic carbocycles. The van der Waals surface area contributed by atoms with Gasteiger partial charge in [0.15, 0.2) is 0 Å². The van der Waals surface area contributed by atoms with Crippen molar-refractivity contribution in [2.45, 2.75) is 20.8 Å². The number of hydrogen-bond acceptors (Lipinski definition) is 1. The largest absolute Gasteiger partial charge is 0.369 e. The quantitative estimate of drug-likeness (QED) is 0.737. The summed E-state index contributed by atoms with van der Waals surface area (Å²) < 4.78 is 13.8. The van der Waals surface area contributed by atoms with E-state index in [0.717, 1.165) is 30.8 Å². The van der Waals surface area contributed by atoms with E-state index in [2.05, 4.69) is 25.7 Å². The number of halogens is 2. The maximum absolute atomic E-state index is 13.8. The molecule has 1 aromatic rings. The van der Waals surface area contributed by atoms with Crippen molar-refractivity contribution in [3.05, 3.63) is 29.0 Å². The molecular weight excluding hydrogens is 249 g/mol. The zero-order valence-corrected chi connectivity index (χ0v) is 11.8. The first-order valence-corrected chi connectivity index (χ1v) is 6.96. The molecule has 0 spiro atoms. The van der Waals surface area contributed by atoms with Crippen LogP contribution in [-0.4, -0.2) is 13.1 Å². The Labute approximate surface area is 113 Å². The van der Waals surface area contributed by atoms with Gasteiger partial charge in [-0.1, -0.05) is 32.4 Å². The van der Waals surface area contributed by atoms with Gasteiger partial charge in [0, 0.05) is 18.1 Å². The summed E-state index contributed by atoms with van der Waals surface area (Å²) in [5, 5.41) is 0.466. The lowest BCUT2D eigenvalue weighted by Gasteiger charge is -2.27. The van der Waals surface area contributed by atoms with Crippen LogP contribution in [0.3, 0.4) is 0 Å². The molecule has 1 saturated carbocycles. The smallest absolute Gasteiger partial charge is 0.147 e. The highest BCUT2D eigenvalue weighted by Gasteiger charge is 2.59. The van der Waals surface area contributed by atoms with Crippen LogP contribution in [0.25, 0.3) is 0 Å². The summed E-state index contributed by atoms with van der Waals surface area (Å²) in [7, 11) is 0. The van der Waals surface area contributed by atoms with Crippen molar-refractivity contribution in [1.29, 1.82) is 0 Å². The Kier molecular flexibility index (Phi) is 2.64. The number of nitrogens with zero attached hydrogens (tertiary/aromatic N) is 1. The van der Waals surface area contributed by atoms with Crippen molar-refractivity contribution in [1.82, 2.24) is 0 Å². The summed E-state index contributed by atoms with van der Waals surface area (Å²) in [4.78, 5) is 2.17. The van der Waals surface area contributed by atoms with Gasteiger partial charge >= 0.3 is 0 Å². The minimum Gasteiger partial charge on any atom is -0.369 e. The molecule has 98 valence electrons. The van der Waals surface area contributed by atoms with Crippen LogP contribution in [0.4, 0.5) is 10.1 Å². The molecule has 18 heavy (non-hydrogen) atoms. The summed E-state index contributed by atoms with van der Waals surface area (Å²) >= 11 is 5.79. The topological polar surface area (TPSA) is 3.24 Å². The van der Waals surface area contributed by atoms with Gasteiger partial charge in [-0.2, -0.15) is 0 Å². The Morgan fingerprint density at radius 2 is 1.83 bits per heavy atom. The molecule has 2 unspecified atom stereocenters. The number of piperidine rings is 1. The molecule has 0 aromatic heterocycles. The lowest BCUT2D eigenvalue weighted by Crippen LogP contribution is -2.28. The molecule has 1 heterocycles. The fourth-order valence-corrected chi connectivity index (χ4v) is 3.90. The normalized spacial score (nSPS) is 30.5. The Morgan fingerprint density at radius 3 is 2.33 bits per heavy atom. The molecule has 2 fully saturated rings. The van der Waals surface area contributed by atoms with Gasteiger partial charge in [-0.05, 0) is 41.4 Å². The molecule has 1 saturated heterocycles. The van der Waals surface area contributed by atoms with E-state index in [4.69, 9.17) is 11.6 Å². The van der Waals surface area contributed by atoms with Gasteiger partial charge in [0.2, 0.25) is 0 Å². The summed E-state index contributed by atoms with van der Waals surface area (Å²) in [6.07, 6.45) is 0. The van der Waals surface area contributed by atoms with Gasteiger partial charge in [-0.15, -0.1) is 0 Å². The predicted molar refractivity (Wildman–Crippen MR) is 73.5 cm³/mol. The highest BCUT2D eigenvalue weighted by Crippen LogP contribution is 2.60. The van der Waals surface area contributed by atoms with Gasteiger partial charge in [0.1, 0.15) is 5.82 Å². The molecule has 2 atom stereocenters. The van der Waals surface area contributed by atoms with Crippen molar-refractivity contribution in [3.63, 3.8) is 0 Å². The van der Waals surface area contributed by atoms with Crippen LogP contribution in [0.5, 0.6) is 0 Å². The van der Waals surface area contributed by atoms with Crippen molar-refractivity contribution >= 4 is 17.3 Å². The summed E-state index contributed by atoms with van der Waals surface area (Å²) in [5.41, 5.74) is 1.10. The number of fused-ring (bicyclic) bond motifs is 1. The van der Waals surface area contributed by atoms with Crippen LogP contribution in [0, 0.1) is 29.0 Å². The molecule has 1 aliphatic heterocycles. The highest BCUT2D eigenvalue weighted by atomic mass is 35.5. The van der Waals surface area contributed by atoms with Crippen LogP contribution < -0.4 is 4.90 Å². The Bertz CT molecular complexity index is 468. The summed E-state index contributed by atoms with van der Waals surface area (Å²) in [6.45, 7) is 8.91. The second-order valence-electron chi connectivity index (χ2n) is 6.72. The SMILES string of the molecule is CC(C)(C)C1C2CN(c3ccc(Cl)cc3F)CC21.